The molecule has 0 saturated heterocycles. The van der Waals surface area contributed by atoms with Gasteiger partial charge in [0.2, 0.25) is 0 Å². The standard InChI is InChI=1S/C21H20ClNO3/c1-21(2,3)20(24)26-18-10-5-14(12-19(18)25-4)11-16(13-23)15-6-8-17(22)9-7-15/h5-12H,1-4H3/b16-11+. The Bertz CT molecular complexity index is 872. The van der Waals surface area contributed by atoms with E-state index >= 15 is 0 Å². The van der Waals surface area contributed by atoms with Crippen molar-refractivity contribution in [3.63, 3.8) is 0 Å². The first-order valence-electron chi connectivity index (χ1n) is 8.02. The molecule has 0 unspecified atom stereocenters. The summed E-state index contributed by atoms with van der Waals surface area (Å²) in [5.74, 6) is 0.414. The number of hydrogen-bond donors (Lipinski definition) is 0. The first-order valence-corrected chi connectivity index (χ1v) is 8.40. The van der Waals surface area contributed by atoms with Crippen LogP contribution in [0.5, 0.6) is 11.5 Å². The zero-order chi connectivity index (χ0) is 19.3. The third-order valence-electron chi connectivity index (χ3n) is 3.59. The van der Waals surface area contributed by atoms with Crippen LogP contribution in [0.15, 0.2) is 42.5 Å². The van der Waals surface area contributed by atoms with Crippen LogP contribution in [-0.4, -0.2) is 13.1 Å². The largest absolute Gasteiger partial charge is 0.493 e. The first-order chi connectivity index (χ1) is 12.2. The second-order valence-corrected chi connectivity index (χ2v) is 7.16. The Morgan fingerprint density at radius 2 is 1.77 bits per heavy atom. The van der Waals surface area contributed by atoms with Gasteiger partial charge in [0, 0.05) is 5.02 Å². The van der Waals surface area contributed by atoms with Crippen LogP contribution in [0.3, 0.4) is 0 Å². The lowest BCUT2D eigenvalue weighted by Gasteiger charge is -2.17. The van der Waals surface area contributed by atoms with E-state index in [9.17, 15) is 10.1 Å². The Kier molecular flexibility index (Phi) is 6.07. The monoisotopic (exact) mass is 369 g/mol. The molecule has 0 radical (unpaired) electrons. The van der Waals surface area contributed by atoms with Crippen molar-refractivity contribution in [2.75, 3.05) is 7.11 Å². The summed E-state index contributed by atoms with van der Waals surface area (Å²) in [5.41, 5.74) is 1.39. The van der Waals surface area contributed by atoms with Gasteiger partial charge in [-0.15, -0.1) is 0 Å². The van der Waals surface area contributed by atoms with Gasteiger partial charge in [-0.2, -0.15) is 5.26 Å². The van der Waals surface area contributed by atoms with Crippen molar-refractivity contribution in [2.24, 2.45) is 5.41 Å². The number of nitrogens with zero attached hydrogens (tertiary/aromatic N) is 1. The molecule has 2 rings (SSSR count). The van der Waals surface area contributed by atoms with Crippen molar-refractivity contribution in [2.45, 2.75) is 20.8 Å². The fourth-order valence-corrected chi connectivity index (χ4v) is 2.21. The average molecular weight is 370 g/mol. The van der Waals surface area contributed by atoms with E-state index in [2.05, 4.69) is 6.07 Å². The van der Waals surface area contributed by atoms with Crippen molar-refractivity contribution in [3.8, 4) is 17.6 Å². The molecule has 26 heavy (non-hydrogen) atoms. The Morgan fingerprint density at radius 3 is 2.31 bits per heavy atom. The Morgan fingerprint density at radius 1 is 1.12 bits per heavy atom. The van der Waals surface area contributed by atoms with Crippen LogP contribution in [-0.2, 0) is 4.79 Å². The number of nitriles is 1. The number of rotatable bonds is 4. The van der Waals surface area contributed by atoms with Gasteiger partial charge in [-0.25, -0.2) is 0 Å². The predicted octanol–water partition coefficient (Wildman–Crippen LogP) is 5.36. The number of carbonyl (C=O) groups excluding carboxylic acids is 1. The smallest absolute Gasteiger partial charge is 0.316 e. The highest BCUT2D eigenvalue weighted by atomic mass is 35.5. The van der Waals surface area contributed by atoms with E-state index in [0.717, 1.165) is 11.1 Å². The minimum absolute atomic E-state index is 0.342. The molecule has 0 aliphatic carbocycles. The molecule has 0 aromatic heterocycles. The SMILES string of the molecule is COc1cc(/C=C(\C#N)c2ccc(Cl)cc2)ccc1OC(=O)C(C)(C)C. The molecule has 2 aromatic rings. The first kappa shape index (κ1) is 19.6. The summed E-state index contributed by atoms with van der Waals surface area (Å²) in [7, 11) is 1.50. The minimum atomic E-state index is -0.619. The molecule has 4 nitrogen and oxygen atoms in total. The summed E-state index contributed by atoms with van der Waals surface area (Å²) < 4.78 is 10.8. The number of ether oxygens (including phenoxy) is 2. The van der Waals surface area contributed by atoms with Crippen LogP contribution < -0.4 is 9.47 Å². The van der Waals surface area contributed by atoms with Gasteiger partial charge < -0.3 is 9.47 Å². The molecule has 0 spiro atoms. The summed E-state index contributed by atoms with van der Waals surface area (Å²) in [6, 6.07) is 14.4. The van der Waals surface area contributed by atoms with Crippen molar-refractivity contribution < 1.29 is 14.3 Å². The maximum Gasteiger partial charge on any atom is 0.316 e. The topological polar surface area (TPSA) is 59.3 Å². The molecule has 0 amide bonds. The van der Waals surface area contributed by atoms with Crippen LogP contribution in [0.4, 0.5) is 0 Å². The van der Waals surface area contributed by atoms with Gasteiger partial charge in [0.15, 0.2) is 11.5 Å². The van der Waals surface area contributed by atoms with E-state index < -0.39 is 5.41 Å². The molecule has 0 heterocycles. The normalized spacial score (nSPS) is 11.6. The summed E-state index contributed by atoms with van der Waals surface area (Å²) in [6.07, 6.45) is 1.74. The lowest BCUT2D eigenvalue weighted by molar-refractivity contribution is -0.143. The second-order valence-electron chi connectivity index (χ2n) is 6.73. The molecule has 2 aromatic carbocycles. The molecule has 0 fully saturated rings. The van der Waals surface area contributed by atoms with Gasteiger partial charge in [0.05, 0.1) is 24.2 Å². The molecule has 0 atom stereocenters. The maximum absolute atomic E-state index is 12.1. The van der Waals surface area contributed by atoms with Crippen molar-refractivity contribution in [3.05, 3.63) is 58.6 Å². The van der Waals surface area contributed by atoms with Gasteiger partial charge in [-0.05, 0) is 62.2 Å². The molecular weight excluding hydrogens is 350 g/mol. The second kappa shape index (κ2) is 8.07. The van der Waals surface area contributed by atoms with Crippen LogP contribution >= 0.6 is 11.6 Å². The lowest BCUT2D eigenvalue weighted by Crippen LogP contribution is -2.25. The number of esters is 1. The quantitative estimate of drug-likeness (QED) is 0.315. The zero-order valence-corrected chi connectivity index (χ0v) is 15.9. The number of carbonyl (C=O) groups is 1. The molecule has 0 aliphatic rings. The molecule has 134 valence electrons. The van der Waals surface area contributed by atoms with Crippen LogP contribution in [0.2, 0.25) is 5.02 Å². The summed E-state index contributed by atoms with van der Waals surface area (Å²) in [6.45, 7) is 5.35. The molecular formula is C21H20ClNO3. The Labute approximate surface area is 158 Å². The minimum Gasteiger partial charge on any atom is -0.493 e. The fraction of sp³-hybridized carbons (Fsp3) is 0.238. The fourth-order valence-electron chi connectivity index (χ4n) is 2.09. The van der Waals surface area contributed by atoms with Gasteiger partial charge in [0.25, 0.3) is 0 Å². The number of methoxy groups -OCH3 is 1. The van der Waals surface area contributed by atoms with Gasteiger partial charge >= 0.3 is 5.97 Å². The third-order valence-corrected chi connectivity index (χ3v) is 3.84. The molecule has 0 saturated carbocycles. The Balaban J connectivity index is 2.34. The zero-order valence-electron chi connectivity index (χ0n) is 15.2. The van der Waals surface area contributed by atoms with Crippen molar-refractivity contribution in [1.29, 1.82) is 5.26 Å². The van der Waals surface area contributed by atoms with E-state index in [1.807, 2.05) is 0 Å². The number of allylic oxidation sites excluding steroid dienone is 1. The van der Waals surface area contributed by atoms with E-state index in [-0.39, 0.29) is 5.97 Å². The maximum atomic E-state index is 12.1. The molecule has 0 bridgehead atoms. The number of halogens is 1. The highest BCUT2D eigenvalue weighted by molar-refractivity contribution is 6.30. The predicted molar refractivity (Wildman–Crippen MR) is 103 cm³/mol. The average Bonchev–Trinajstić information content (AvgIpc) is 2.60. The number of hydrogen-bond acceptors (Lipinski definition) is 4. The summed E-state index contributed by atoms with van der Waals surface area (Å²) in [4.78, 5) is 12.1. The lowest BCUT2D eigenvalue weighted by atomic mass is 9.97. The number of benzene rings is 2. The van der Waals surface area contributed by atoms with Crippen LogP contribution in [0.25, 0.3) is 11.6 Å². The molecule has 0 aliphatic heterocycles. The van der Waals surface area contributed by atoms with Crippen molar-refractivity contribution in [1.82, 2.24) is 0 Å². The highest BCUT2D eigenvalue weighted by Gasteiger charge is 2.24. The van der Waals surface area contributed by atoms with Crippen molar-refractivity contribution >= 4 is 29.2 Å². The summed E-state index contributed by atoms with van der Waals surface area (Å²) in [5, 5.41) is 10.1. The molecule has 0 N–H and O–H groups in total. The van der Waals surface area contributed by atoms with E-state index in [0.29, 0.717) is 22.1 Å². The van der Waals surface area contributed by atoms with Gasteiger partial charge in [0.1, 0.15) is 0 Å². The highest BCUT2D eigenvalue weighted by Crippen LogP contribution is 2.31. The Hall–Kier alpha value is -2.77. The summed E-state index contributed by atoms with van der Waals surface area (Å²) >= 11 is 5.89. The van der Waals surface area contributed by atoms with Crippen LogP contribution in [0.1, 0.15) is 31.9 Å². The van der Waals surface area contributed by atoms with Crippen LogP contribution in [0, 0.1) is 16.7 Å². The van der Waals surface area contributed by atoms with Gasteiger partial charge in [-0.1, -0.05) is 29.8 Å². The molecule has 5 heteroatoms. The van der Waals surface area contributed by atoms with E-state index in [1.54, 1.807) is 69.3 Å². The van der Waals surface area contributed by atoms with E-state index in [4.69, 9.17) is 21.1 Å². The van der Waals surface area contributed by atoms with E-state index in [1.165, 1.54) is 7.11 Å². The third kappa shape index (κ3) is 4.87. The van der Waals surface area contributed by atoms with Gasteiger partial charge in [-0.3, -0.25) is 4.79 Å².